The maximum atomic E-state index is 5.12. The summed E-state index contributed by atoms with van der Waals surface area (Å²) in [5, 5.41) is 3.61. The molecule has 0 bridgehead atoms. The summed E-state index contributed by atoms with van der Waals surface area (Å²) < 4.78 is 5.12. The Morgan fingerprint density at radius 3 is 2.58 bits per heavy atom. The maximum absolute atomic E-state index is 5.12. The Morgan fingerprint density at radius 2 is 2.17 bits per heavy atom. The van der Waals surface area contributed by atoms with Crippen LogP contribution in [0.15, 0.2) is 0 Å². The van der Waals surface area contributed by atoms with Crippen LogP contribution >= 0.6 is 0 Å². The molecule has 0 spiro atoms. The minimum absolute atomic E-state index is 0.645. The van der Waals surface area contributed by atoms with Gasteiger partial charge < -0.3 is 10.1 Å². The number of hydrogen-bond acceptors (Lipinski definition) is 2. The summed E-state index contributed by atoms with van der Waals surface area (Å²) in [4.78, 5) is 0. The molecule has 1 aliphatic heterocycles. The molecule has 1 rings (SSSR count). The van der Waals surface area contributed by atoms with Crippen molar-refractivity contribution in [3.8, 4) is 0 Å². The van der Waals surface area contributed by atoms with Crippen molar-refractivity contribution in [3.05, 3.63) is 0 Å². The number of rotatable bonds is 6. The van der Waals surface area contributed by atoms with Crippen LogP contribution in [0.4, 0.5) is 0 Å². The van der Waals surface area contributed by atoms with Crippen molar-refractivity contribution in [1.29, 1.82) is 0 Å². The molecule has 0 saturated carbocycles. The van der Waals surface area contributed by atoms with Gasteiger partial charge in [0.2, 0.25) is 0 Å². The van der Waals surface area contributed by atoms with Crippen LogP contribution in [0.2, 0.25) is 0 Å². The molecule has 0 aromatic rings. The summed E-state index contributed by atoms with van der Waals surface area (Å²) in [6, 6.07) is 1.37. The molecule has 2 heteroatoms. The molecule has 2 nitrogen and oxygen atoms in total. The fraction of sp³-hybridized carbons (Fsp3) is 1.00. The summed E-state index contributed by atoms with van der Waals surface area (Å²) in [6.45, 7) is 6.34. The van der Waals surface area contributed by atoms with E-state index in [1.54, 1.807) is 0 Å². The molecule has 72 valence electrons. The lowest BCUT2D eigenvalue weighted by molar-refractivity contribution is -0.0107. The molecule has 0 aliphatic carbocycles. The van der Waals surface area contributed by atoms with Gasteiger partial charge in [-0.1, -0.05) is 26.7 Å². The molecule has 1 unspecified atom stereocenters. The normalized spacial score (nSPS) is 20.5. The molecular formula is C10H21NO. The average Bonchev–Trinajstić information content (AvgIpc) is 2.02. The minimum Gasteiger partial charge on any atom is -0.378 e. The average molecular weight is 171 g/mol. The lowest BCUT2D eigenvalue weighted by atomic mass is 10.1. The van der Waals surface area contributed by atoms with E-state index in [-0.39, 0.29) is 0 Å². The van der Waals surface area contributed by atoms with Crippen molar-refractivity contribution in [2.75, 3.05) is 13.2 Å². The van der Waals surface area contributed by atoms with Gasteiger partial charge in [0.1, 0.15) is 0 Å². The van der Waals surface area contributed by atoms with Crippen molar-refractivity contribution in [3.63, 3.8) is 0 Å². The summed E-state index contributed by atoms with van der Waals surface area (Å²) in [6.07, 6.45) is 5.22. The number of hydrogen-bond donors (Lipinski definition) is 1. The highest BCUT2D eigenvalue weighted by Crippen LogP contribution is 2.08. The fourth-order valence-corrected chi connectivity index (χ4v) is 1.52. The Bertz CT molecular complexity index is 112. The second kappa shape index (κ2) is 5.55. The predicted octanol–water partition coefficient (Wildman–Crippen LogP) is 1.94. The van der Waals surface area contributed by atoms with E-state index in [1.165, 1.54) is 25.7 Å². The molecule has 1 atom stereocenters. The Kier molecular flexibility index (Phi) is 4.62. The van der Waals surface area contributed by atoms with Crippen LogP contribution in [0.1, 0.15) is 39.5 Å². The van der Waals surface area contributed by atoms with Crippen molar-refractivity contribution in [1.82, 2.24) is 5.32 Å². The molecule has 0 amide bonds. The van der Waals surface area contributed by atoms with Crippen molar-refractivity contribution >= 4 is 0 Å². The second-order valence-electron chi connectivity index (χ2n) is 3.65. The van der Waals surface area contributed by atoms with Gasteiger partial charge in [-0.25, -0.2) is 0 Å². The minimum atomic E-state index is 0.645. The van der Waals surface area contributed by atoms with Crippen molar-refractivity contribution < 1.29 is 4.74 Å². The quantitative estimate of drug-likeness (QED) is 0.659. The van der Waals surface area contributed by atoms with E-state index in [2.05, 4.69) is 19.2 Å². The Labute approximate surface area is 75.7 Å². The zero-order chi connectivity index (χ0) is 8.81. The van der Waals surface area contributed by atoms with Gasteiger partial charge in [0.05, 0.1) is 19.3 Å². The molecule has 1 fully saturated rings. The molecule has 0 radical (unpaired) electrons. The van der Waals surface area contributed by atoms with Gasteiger partial charge >= 0.3 is 0 Å². The summed E-state index contributed by atoms with van der Waals surface area (Å²) in [7, 11) is 0. The number of nitrogens with one attached hydrogen (secondary N) is 1. The van der Waals surface area contributed by atoms with E-state index in [0.29, 0.717) is 6.04 Å². The van der Waals surface area contributed by atoms with E-state index in [0.717, 1.165) is 19.3 Å². The molecular weight excluding hydrogens is 150 g/mol. The van der Waals surface area contributed by atoms with Crippen LogP contribution in [0, 0.1) is 0 Å². The third-order valence-electron chi connectivity index (χ3n) is 2.51. The van der Waals surface area contributed by atoms with Gasteiger partial charge in [0.25, 0.3) is 0 Å². The van der Waals surface area contributed by atoms with E-state index < -0.39 is 0 Å². The standard InChI is InChI=1S/C10H21NO/c1-3-5-6-9(4-2)11-10-7-12-8-10/h9-11H,3-8H2,1-2H3. The topological polar surface area (TPSA) is 21.3 Å². The predicted molar refractivity (Wildman–Crippen MR) is 51.3 cm³/mol. The van der Waals surface area contributed by atoms with Crippen molar-refractivity contribution in [2.24, 2.45) is 0 Å². The molecule has 0 aromatic carbocycles. The fourth-order valence-electron chi connectivity index (χ4n) is 1.52. The number of unbranched alkanes of at least 4 members (excludes halogenated alkanes) is 1. The highest BCUT2D eigenvalue weighted by molar-refractivity contribution is 4.77. The summed E-state index contributed by atoms with van der Waals surface area (Å²) >= 11 is 0. The van der Waals surface area contributed by atoms with E-state index in [4.69, 9.17) is 4.74 Å². The zero-order valence-electron chi connectivity index (χ0n) is 8.31. The lowest BCUT2D eigenvalue weighted by Crippen LogP contribution is -2.50. The van der Waals surface area contributed by atoms with Crippen LogP contribution < -0.4 is 5.32 Å². The molecule has 1 aliphatic rings. The van der Waals surface area contributed by atoms with Crippen LogP contribution in [0.25, 0.3) is 0 Å². The van der Waals surface area contributed by atoms with Crippen molar-refractivity contribution in [2.45, 2.75) is 51.6 Å². The Morgan fingerprint density at radius 1 is 1.42 bits per heavy atom. The van der Waals surface area contributed by atoms with Crippen LogP contribution in [0.3, 0.4) is 0 Å². The van der Waals surface area contributed by atoms with Gasteiger partial charge in [-0.15, -0.1) is 0 Å². The molecule has 0 aromatic heterocycles. The monoisotopic (exact) mass is 171 g/mol. The van der Waals surface area contributed by atoms with Gasteiger partial charge in [0, 0.05) is 6.04 Å². The zero-order valence-corrected chi connectivity index (χ0v) is 8.31. The second-order valence-corrected chi connectivity index (χ2v) is 3.65. The van der Waals surface area contributed by atoms with E-state index in [1.807, 2.05) is 0 Å². The van der Waals surface area contributed by atoms with Gasteiger partial charge in [-0.3, -0.25) is 0 Å². The third-order valence-corrected chi connectivity index (χ3v) is 2.51. The first-order chi connectivity index (χ1) is 5.86. The first-order valence-electron chi connectivity index (χ1n) is 5.20. The van der Waals surface area contributed by atoms with E-state index in [9.17, 15) is 0 Å². The van der Waals surface area contributed by atoms with Gasteiger partial charge in [-0.2, -0.15) is 0 Å². The lowest BCUT2D eigenvalue weighted by Gasteiger charge is -2.31. The first-order valence-corrected chi connectivity index (χ1v) is 5.20. The Hall–Kier alpha value is -0.0800. The maximum Gasteiger partial charge on any atom is 0.0643 e. The summed E-state index contributed by atoms with van der Waals surface area (Å²) in [5.41, 5.74) is 0. The van der Waals surface area contributed by atoms with E-state index >= 15 is 0 Å². The SMILES string of the molecule is CCCCC(CC)NC1COC1. The first kappa shape index (κ1) is 10.0. The third kappa shape index (κ3) is 3.11. The highest BCUT2D eigenvalue weighted by Gasteiger charge is 2.20. The molecule has 1 heterocycles. The van der Waals surface area contributed by atoms with Crippen LogP contribution in [-0.4, -0.2) is 25.3 Å². The van der Waals surface area contributed by atoms with Gasteiger partial charge in [0.15, 0.2) is 0 Å². The summed E-state index contributed by atoms with van der Waals surface area (Å²) in [5.74, 6) is 0. The van der Waals surface area contributed by atoms with Gasteiger partial charge in [-0.05, 0) is 12.8 Å². The van der Waals surface area contributed by atoms with Crippen LogP contribution in [0.5, 0.6) is 0 Å². The largest absolute Gasteiger partial charge is 0.378 e. The molecule has 1 N–H and O–H groups in total. The number of ether oxygens (including phenoxy) is 1. The molecule has 12 heavy (non-hydrogen) atoms. The van der Waals surface area contributed by atoms with Crippen LogP contribution in [-0.2, 0) is 4.74 Å². The molecule has 1 saturated heterocycles. The Balaban J connectivity index is 2.06. The highest BCUT2D eigenvalue weighted by atomic mass is 16.5. The smallest absolute Gasteiger partial charge is 0.0643 e.